The number of ketones is 1. The third-order valence-electron chi connectivity index (χ3n) is 2.29. The first-order chi connectivity index (χ1) is 6.11. The molecule has 0 unspecified atom stereocenters. The second-order valence-corrected chi connectivity index (χ2v) is 3.83. The summed E-state index contributed by atoms with van der Waals surface area (Å²) in [4.78, 5) is 11.7. The van der Waals surface area contributed by atoms with Crippen LogP contribution in [-0.2, 0) is 4.74 Å². The number of ether oxygens (including phenoxy) is 1. The van der Waals surface area contributed by atoms with Crippen molar-refractivity contribution in [2.24, 2.45) is 0 Å². The lowest BCUT2D eigenvalue weighted by Crippen LogP contribution is -2.14. The predicted molar refractivity (Wildman–Crippen MR) is 49.7 cm³/mol. The molecule has 1 aliphatic heterocycles. The summed E-state index contributed by atoms with van der Waals surface area (Å²) in [7, 11) is 0. The van der Waals surface area contributed by atoms with Gasteiger partial charge in [0.15, 0.2) is 5.78 Å². The van der Waals surface area contributed by atoms with Gasteiger partial charge in [-0.25, -0.2) is 0 Å². The summed E-state index contributed by atoms with van der Waals surface area (Å²) in [6, 6.07) is 9.26. The van der Waals surface area contributed by atoms with Crippen molar-refractivity contribution in [3.05, 3.63) is 35.9 Å². The molecule has 1 aliphatic rings. The summed E-state index contributed by atoms with van der Waals surface area (Å²) in [5.74, 6) is 0.0885. The summed E-state index contributed by atoms with van der Waals surface area (Å²) in [5.41, 5.74) is 0.477. The number of epoxide rings is 1. The SMILES string of the molecule is CC1(C)O[C@H]1C(=O)c1ccccc1. The van der Waals surface area contributed by atoms with Gasteiger partial charge in [-0.15, -0.1) is 0 Å². The number of carbonyl (C=O) groups excluding carboxylic acids is 1. The maximum absolute atomic E-state index is 11.7. The van der Waals surface area contributed by atoms with E-state index in [1.165, 1.54) is 0 Å². The van der Waals surface area contributed by atoms with Gasteiger partial charge in [0.1, 0.15) is 6.10 Å². The smallest absolute Gasteiger partial charge is 0.194 e. The molecule has 2 heteroatoms. The van der Waals surface area contributed by atoms with Crippen LogP contribution in [0.15, 0.2) is 30.3 Å². The molecule has 2 nitrogen and oxygen atoms in total. The summed E-state index contributed by atoms with van der Waals surface area (Å²) < 4.78 is 5.27. The van der Waals surface area contributed by atoms with E-state index >= 15 is 0 Å². The van der Waals surface area contributed by atoms with E-state index in [0.29, 0.717) is 0 Å². The van der Waals surface area contributed by atoms with Gasteiger partial charge in [0, 0.05) is 5.56 Å². The van der Waals surface area contributed by atoms with Crippen LogP contribution in [0, 0.1) is 0 Å². The number of benzene rings is 1. The Balaban J connectivity index is 2.17. The van der Waals surface area contributed by atoms with E-state index in [1.807, 2.05) is 44.2 Å². The first-order valence-electron chi connectivity index (χ1n) is 4.38. The molecule has 0 saturated carbocycles. The fourth-order valence-electron chi connectivity index (χ4n) is 1.39. The number of Topliss-reactive ketones (excluding diaryl/α,β-unsaturated/α-hetero) is 1. The first-order valence-corrected chi connectivity index (χ1v) is 4.38. The highest BCUT2D eigenvalue weighted by Crippen LogP contribution is 2.37. The Morgan fingerprint density at radius 3 is 2.31 bits per heavy atom. The summed E-state index contributed by atoms with van der Waals surface area (Å²) in [6.45, 7) is 3.86. The fraction of sp³-hybridized carbons (Fsp3) is 0.364. The van der Waals surface area contributed by atoms with Crippen LogP contribution in [0.3, 0.4) is 0 Å². The molecular formula is C11H12O2. The first kappa shape index (κ1) is 8.45. The molecular weight excluding hydrogens is 164 g/mol. The van der Waals surface area contributed by atoms with Crippen LogP contribution < -0.4 is 0 Å². The van der Waals surface area contributed by atoms with Crippen LogP contribution in [0.2, 0.25) is 0 Å². The van der Waals surface area contributed by atoms with Crippen molar-refractivity contribution in [1.29, 1.82) is 0 Å². The molecule has 0 aromatic heterocycles. The number of rotatable bonds is 2. The van der Waals surface area contributed by atoms with Gasteiger partial charge in [-0.1, -0.05) is 30.3 Å². The van der Waals surface area contributed by atoms with Gasteiger partial charge >= 0.3 is 0 Å². The van der Waals surface area contributed by atoms with Crippen molar-refractivity contribution in [1.82, 2.24) is 0 Å². The van der Waals surface area contributed by atoms with Crippen LogP contribution in [0.5, 0.6) is 0 Å². The number of hydrogen-bond acceptors (Lipinski definition) is 2. The average Bonchev–Trinajstić information content (AvgIpc) is 2.76. The van der Waals surface area contributed by atoms with Gasteiger partial charge in [-0.05, 0) is 13.8 Å². The van der Waals surface area contributed by atoms with Crippen LogP contribution >= 0.6 is 0 Å². The van der Waals surface area contributed by atoms with Crippen molar-refractivity contribution in [2.45, 2.75) is 25.6 Å². The van der Waals surface area contributed by atoms with E-state index in [0.717, 1.165) is 5.56 Å². The Hall–Kier alpha value is -1.15. The van der Waals surface area contributed by atoms with E-state index in [1.54, 1.807) is 0 Å². The standard InChI is InChI=1S/C11H12O2/c1-11(2)10(13-11)9(12)8-6-4-3-5-7-8/h3-7,10H,1-2H3/t10-/m0/s1. The van der Waals surface area contributed by atoms with Crippen molar-refractivity contribution >= 4 is 5.78 Å². The molecule has 0 radical (unpaired) electrons. The molecule has 13 heavy (non-hydrogen) atoms. The summed E-state index contributed by atoms with van der Waals surface area (Å²) in [5, 5.41) is 0. The van der Waals surface area contributed by atoms with Crippen molar-refractivity contribution in [2.75, 3.05) is 0 Å². The molecule has 0 aliphatic carbocycles. The molecule has 1 heterocycles. The van der Waals surface area contributed by atoms with Gasteiger partial charge in [-0.3, -0.25) is 4.79 Å². The van der Waals surface area contributed by atoms with Gasteiger partial charge in [-0.2, -0.15) is 0 Å². The molecule has 0 amide bonds. The van der Waals surface area contributed by atoms with Crippen LogP contribution in [0.25, 0.3) is 0 Å². The van der Waals surface area contributed by atoms with Crippen molar-refractivity contribution in [3.63, 3.8) is 0 Å². The zero-order valence-corrected chi connectivity index (χ0v) is 7.78. The molecule has 68 valence electrons. The maximum Gasteiger partial charge on any atom is 0.194 e. The zero-order valence-electron chi connectivity index (χ0n) is 7.78. The van der Waals surface area contributed by atoms with Gasteiger partial charge < -0.3 is 4.74 Å². The maximum atomic E-state index is 11.7. The van der Waals surface area contributed by atoms with E-state index in [-0.39, 0.29) is 17.5 Å². The average molecular weight is 176 g/mol. The third kappa shape index (κ3) is 1.49. The molecule has 0 bridgehead atoms. The quantitative estimate of drug-likeness (QED) is 0.510. The van der Waals surface area contributed by atoms with Crippen LogP contribution in [0.1, 0.15) is 24.2 Å². The molecule has 2 rings (SSSR count). The van der Waals surface area contributed by atoms with Gasteiger partial charge in [0.05, 0.1) is 5.60 Å². The monoisotopic (exact) mass is 176 g/mol. The lowest BCUT2D eigenvalue weighted by Gasteiger charge is -1.97. The molecule has 0 N–H and O–H groups in total. The normalized spacial score (nSPS) is 24.0. The Kier molecular flexibility index (Phi) is 1.74. The molecule has 1 aromatic carbocycles. The minimum atomic E-state index is -0.257. The van der Waals surface area contributed by atoms with Crippen molar-refractivity contribution in [3.8, 4) is 0 Å². The second-order valence-electron chi connectivity index (χ2n) is 3.83. The minimum absolute atomic E-state index is 0.0885. The summed E-state index contributed by atoms with van der Waals surface area (Å²) in [6.07, 6.45) is -0.241. The van der Waals surface area contributed by atoms with Crippen LogP contribution in [-0.4, -0.2) is 17.5 Å². The lowest BCUT2D eigenvalue weighted by molar-refractivity contribution is 0.0953. The third-order valence-corrected chi connectivity index (χ3v) is 2.29. The van der Waals surface area contributed by atoms with Crippen LogP contribution in [0.4, 0.5) is 0 Å². The molecule has 1 atom stereocenters. The Bertz CT molecular complexity index is 327. The molecule has 1 saturated heterocycles. The predicted octanol–water partition coefficient (Wildman–Crippen LogP) is 2.05. The van der Waals surface area contributed by atoms with E-state index in [9.17, 15) is 4.79 Å². The zero-order chi connectivity index (χ0) is 9.47. The lowest BCUT2D eigenvalue weighted by atomic mass is 10.0. The highest BCUT2D eigenvalue weighted by molar-refractivity contribution is 6.01. The fourth-order valence-corrected chi connectivity index (χ4v) is 1.39. The largest absolute Gasteiger partial charge is 0.358 e. The molecule has 0 spiro atoms. The second kappa shape index (κ2) is 2.67. The summed E-state index contributed by atoms with van der Waals surface area (Å²) >= 11 is 0. The minimum Gasteiger partial charge on any atom is -0.358 e. The Labute approximate surface area is 77.5 Å². The van der Waals surface area contributed by atoms with E-state index in [2.05, 4.69) is 0 Å². The van der Waals surface area contributed by atoms with E-state index < -0.39 is 0 Å². The Morgan fingerprint density at radius 1 is 1.31 bits per heavy atom. The van der Waals surface area contributed by atoms with Gasteiger partial charge in [0.2, 0.25) is 0 Å². The molecule has 1 aromatic rings. The number of carbonyl (C=O) groups is 1. The Morgan fingerprint density at radius 2 is 1.85 bits per heavy atom. The number of hydrogen-bond donors (Lipinski definition) is 0. The van der Waals surface area contributed by atoms with Gasteiger partial charge in [0.25, 0.3) is 0 Å². The highest BCUT2D eigenvalue weighted by atomic mass is 16.6. The van der Waals surface area contributed by atoms with Crippen molar-refractivity contribution < 1.29 is 9.53 Å². The highest BCUT2D eigenvalue weighted by Gasteiger charge is 2.52. The van der Waals surface area contributed by atoms with E-state index in [4.69, 9.17) is 4.74 Å². The topological polar surface area (TPSA) is 29.6 Å². The molecule has 1 fully saturated rings.